The summed E-state index contributed by atoms with van der Waals surface area (Å²) in [6.45, 7) is 3.11. The second kappa shape index (κ2) is 8.85. The molecule has 0 aliphatic carbocycles. The normalized spacial score (nSPS) is 10.7. The first kappa shape index (κ1) is 15.9. The predicted molar refractivity (Wildman–Crippen MR) is 75.1 cm³/mol. The Labute approximate surface area is 114 Å². The third-order valence-corrected chi connectivity index (χ3v) is 2.86. The number of ether oxygens (including phenoxy) is 2. The summed E-state index contributed by atoms with van der Waals surface area (Å²) < 4.78 is 24.1. The SMILES string of the molecule is CNCc1ccc(F)c(N(CCOC)CCOC)c1. The number of nitrogens with zero attached hydrogens (tertiary/aromatic N) is 1. The number of rotatable bonds is 9. The average Bonchev–Trinajstić information content (AvgIpc) is 2.42. The molecule has 0 aromatic heterocycles. The second-order valence-electron chi connectivity index (χ2n) is 4.29. The Morgan fingerprint density at radius 2 is 1.79 bits per heavy atom. The van der Waals surface area contributed by atoms with Crippen LogP contribution in [0.2, 0.25) is 0 Å². The number of nitrogens with one attached hydrogen (secondary N) is 1. The zero-order valence-electron chi connectivity index (χ0n) is 11.9. The molecular formula is C14H23FN2O2. The van der Waals surface area contributed by atoms with Crippen LogP contribution in [0.3, 0.4) is 0 Å². The summed E-state index contributed by atoms with van der Waals surface area (Å²) in [6.07, 6.45) is 0. The lowest BCUT2D eigenvalue weighted by Gasteiger charge is -2.25. The largest absolute Gasteiger partial charge is 0.383 e. The number of hydrogen-bond donors (Lipinski definition) is 1. The standard InChI is InChI=1S/C14H23FN2O2/c1-16-11-12-4-5-13(15)14(10-12)17(6-8-18-2)7-9-19-3/h4-5,10,16H,6-9,11H2,1-3H3. The third-order valence-electron chi connectivity index (χ3n) is 2.86. The molecule has 5 heteroatoms. The lowest BCUT2D eigenvalue weighted by molar-refractivity contribution is 0.190. The fourth-order valence-electron chi connectivity index (χ4n) is 1.87. The van der Waals surface area contributed by atoms with Crippen LogP contribution in [0.15, 0.2) is 18.2 Å². The molecule has 108 valence electrons. The number of anilines is 1. The monoisotopic (exact) mass is 270 g/mol. The van der Waals surface area contributed by atoms with Gasteiger partial charge in [0.1, 0.15) is 5.82 Å². The van der Waals surface area contributed by atoms with Crippen molar-refractivity contribution in [3.8, 4) is 0 Å². The molecule has 0 bridgehead atoms. The maximum atomic E-state index is 14.0. The molecule has 0 atom stereocenters. The fraction of sp³-hybridized carbons (Fsp3) is 0.571. The molecule has 4 nitrogen and oxygen atoms in total. The minimum Gasteiger partial charge on any atom is -0.383 e. The molecule has 1 N–H and O–H groups in total. The molecule has 1 rings (SSSR count). The van der Waals surface area contributed by atoms with E-state index < -0.39 is 0 Å². The summed E-state index contributed by atoms with van der Waals surface area (Å²) in [7, 11) is 5.15. The number of benzene rings is 1. The van der Waals surface area contributed by atoms with Gasteiger partial charge in [-0.3, -0.25) is 0 Å². The molecule has 0 saturated carbocycles. The first-order valence-electron chi connectivity index (χ1n) is 6.38. The first-order chi connectivity index (χ1) is 9.22. The summed E-state index contributed by atoms with van der Waals surface area (Å²) in [5.41, 5.74) is 1.65. The van der Waals surface area contributed by atoms with Crippen molar-refractivity contribution < 1.29 is 13.9 Å². The highest BCUT2D eigenvalue weighted by molar-refractivity contribution is 5.50. The molecule has 0 unspecified atom stereocenters. The van der Waals surface area contributed by atoms with Crippen molar-refractivity contribution in [3.05, 3.63) is 29.6 Å². The van der Waals surface area contributed by atoms with E-state index >= 15 is 0 Å². The van der Waals surface area contributed by atoms with E-state index in [4.69, 9.17) is 9.47 Å². The van der Waals surface area contributed by atoms with Gasteiger partial charge in [-0.2, -0.15) is 0 Å². The van der Waals surface area contributed by atoms with Gasteiger partial charge in [0.2, 0.25) is 0 Å². The van der Waals surface area contributed by atoms with Crippen LogP contribution in [-0.4, -0.2) is 47.6 Å². The fourth-order valence-corrected chi connectivity index (χ4v) is 1.87. The van der Waals surface area contributed by atoms with Gasteiger partial charge in [0.05, 0.1) is 18.9 Å². The molecule has 19 heavy (non-hydrogen) atoms. The maximum absolute atomic E-state index is 14.0. The van der Waals surface area contributed by atoms with Gasteiger partial charge in [-0.15, -0.1) is 0 Å². The van der Waals surface area contributed by atoms with E-state index in [-0.39, 0.29) is 5.82 Å². The van der Waals surface area contributed by atoms with Gasteiger partial charge >= 0.3 is 0 Å². The molecular weight excluding hydrogens is 247 g/mol. The van der Waals surface area contributed by atoms with Gasteiger partial charge < -0.3 is 19.7 Å². The maximum Gasteiger partial charge on any atom is 0.146 e. The van der Waals surface area contributed by atoms with Crippen molar-refractivity contribution >= 4 is 5.69 Å². The van der Waals surface area contributed by atoms with Crippen LogP contribution in [-0.2, 0) is 16.0 Å². The van der Waals surface area contributed by atoms with Crippen molar-refractivity contribution in [3.63, 3.8) is 0 Å². The Balaban J connectivity index is 2.87. The van der Waals surface area contributed by atoms with E-state index in [9.17, 15) is 4.39 Å². The summed E-state index contributed by atoms with van der Waals surface area (Å²) >= 11 is 0. The Kier molecular flexibility index (Phi) is 7.40. The van der Waals surface area contributed by atoms with E-state index in [1.54, 1.807) is 20.3 Å². The van der Waals surface area contributed by atoms with Crippen molar-refractivity contribution in [1.82, 2.24) is 5.32 Å². The Hall–Kier alpha value is -1.17. The summed E-state index contributed by atoms with van der Waals surface area (Å²) in [5.74, 6) is -0.216. The van der Waals surface area contributed by atoms with E-state index in [1.807, 2.05) is 18.0 Å². The van der Waals surface area contributed by atoms with Crippen LogP contribution in [0.4, 0.5) is 10.1 Å². The predicted octanol–water partition coefficient (Wildman–Crippen LogP) is 1.64. The Bertz CT molecular complexity index is 366. The topological polar surface area (TPSA) is 33.7 Å². The molecule has 1 aromatic rings. The highest BCUT2D eigenvalue weighted by Gasteiger charge is 2.12. The first-order valence-corrected chi connectivity index (χ1v) is 6.38. The number of hydrogen-bond acceptors (Lipinski definition) is 4. The molecule has 0 fully saturated rings. The van der Waals surface area contributed by atoms with Crippen molar-refractivity contribution in [2.45, 2.75) is 6.54 Å². The minimum atomic E-state index is -0.216. The van der Waals surface area contributed by atoms with Gasteiger partial charge in [-0.1, -0.05) is 6.07 Å². The highest BCUT2D eigenvalue weighted by Crippen LogP contribution is 2.21. The van der Waals surface area contributed by atoms with E-state index in [0.29, 0.717) is 32.0 Å². The second-order valence-corrected chi connectivity index (χ2v) is 4.29. The molecule has 1 aromatic carbocycles. The average molecular weight is 270 g/mol. The van der Waals surface area contributed by atoms with Gasteiger partial charge in [0.15, 0.2) is 0 Å². The zero-order chi connectivity index (χ0) is 14.1. The smallest absolute Gasteiger partial charge is 0.146 e. The van der Waals surface area contributed by atoms with E-state index in [1.165, 1.54) is 6.07 Å². The van der Waals surface area contributed by atoms with Crippen LogP contribution >= 0.6 is 0 Å². The Morgan fingerprint density at radius 3 is 2.32 bits per heavy atom. The summed E-state index contributed by atoms with van der Waals surface area (Å²) in [4.78, 5) is 1.95. The molecule has 0 radical (unpaired) electrons. The van der Waals surface area contributed by atoms with Gasteiger partial charge in [0.25, 0.3) is 0 Å². The Morgan fingerprint density at radius 1 is 1.16 bits per heavy atom. The molecule has 0 spiro atoms. The van der Waals surface area contributed by atoms with E-state index in [2.05, 4.69) is 5.32 Å². The van der Waals surface area contributed by atoms with E-state index in [0.717, 1.165) is 12.1 Å². The molecule has 0 heterocycles. The van der Waals surface area contributed by atoms with Crippen LogP contribution in [0.25, 0.3) is 0 Å². The number of methoxy groups -OCH3 is 2. The lowest BCUT2D eigenvalue weighted by atomic mass is 10.1. The lowest BCUT2D eigenvalue weighted by Crippen LogP contribution is -2.31. The summed E-state index contributed by atoms with van der Waals surface area (Å²) in [6, 6.07) is 5.17. The van der Waals surface area contributed by atoms with Crippen molar-refractivity contribution in [2.24, 2.45) is 0 Å². The van der Waals surface area contributed by atoms with Crippen molar-refractivity contribution in [1.29, 1.82) is 0 Å². The van der Waals surface area contributed by atoms with Crippen LogP contribution < -0.4 is 10.2 Å². The number of halogens is 1. The molecule has 0 saturated heterocycles. The van der Waals surface area contributed by atoms with Crippen LogP contribution in [0.5, 0.6) is 0 Å². The minimum absolute atomic E-state index is 0.216. The van der Waals surface area contributed by atoms with Crippen LogP contribution in [0.1, 0.15) is 5.56 Å². The molecule has 0 aliphatic rings. The quantitative estimate of drug-likeness (QED) is 0.740. The van der Waals surface area contributed by atoms with Crippen LogP contribution in [0, 0.1) is 5.82 Å². The van der Waals surface area contributed by atoms with Gasteiger partial charge in [-0.05, 0) is 24.7 Å². The van der Waals surface area contributed by atoms with Gasteiger partial charge in [-0.25, -0.2) is 4.39 Å². The molecule has 0 amide bonds. The highest BCUT2D eigenvalue weighted by atomic mass is 19.1. The van der Waals surface area contributed by atoms with Crippen molar-refractivity contribution in [2.75, 3.05) is 52.5 Å². The van der Waals surface area contributed by atoms with Gasteiger partial charge in [0, 0.05) is 33.9 Å². The third kappa shape index (κ3) is 5.14. The summed E-state index contributed by atoms with van der Waals surface area (Å²) in [5, 5.41) is 3.07. The molecule has 0 aliphatic heterocycles. The zero-order valence-corrected chi connectivity index (χ0v) is 11.9.